The van der Waals surface area contributed by atoms with Gasteiger partial charge in [0, 0.05) is 6.07 Å². The Hall–Kier alpha value is -1.62. The highest BCUT2D eigenvalue weighted by molar-refractivity contribution is 5.48. The molecule has 0 saturated carbocycles. The van der Waals surface area contributed by atoms with Crippen molar-refractivity contribution >= 4 is 5.69 Å². The molecule has 0 aliphatic heterocycles. The lowest BCUT2D eigenvalue weighted by atomic mass is 10.1. The maximum atomic E-state index is 10.9. The molecule has 5 nitrogen and oxygen atoms in total. The summed E-state index contributed by atoms with van der Waals surface area (Å²) < 4.78 is 5.50. The molecule has 5 heteroatoms. The van der Waals surface area contributed by atoms with Gasteiger partial charge in [0.1, 0.15) is 0 Å². The van der Waals surface area contributed by atoms with Gasteiger partial charge in [0.25, 0.3) is 0 Å². The molecule has 0 spiro atoms. The fraction of sp³-hybridized carbons (Fsp3) is 0.538. The molecule has 0 radical (unpaired) electrons. The average Bonchev–Trinajstić information content (AvgIpc) is 2.36. The van der Waals surface area contributed by atoms with Gasteiger partial charge in [-0.2, -0.15) is 0 Å². The van der Waals surface area contributed by atoms with Crippen LogP contribution in [0.25, 0.3) is 0 Å². The second kappa shape index (κ2) is 6.96. The first-order valence-electron chi connectivity index (χ1n) is 6.09. The number of hydrogen-bond acceptors (Lipinski definition) is 4. The van der Waals surface area contributed by atoms with Crippen LogP contribution in [0.1, 0.15) is 32.3 Å². The van der Waals surface area contributed by atoms with Crippen molar-refractivity contribution in [2.75, 3.05) is 6.61 Å². The second-order valence-electron chi connectivity index (χ2n) is 4.42. The van der Waals surface area contributed by atoms with E-state index in [9.17, 15) is 10.1 Å². The zero-order valence-electron chi connectivity index (χ0n) is 10.8. The van der Waals surface area contributed by atoms with Crippen LogP contribution in [0.4, 0.5) is 5.69 Å². The molecule has 1 unspecified atom stereocenters. The van der Waals surface area contributed by atoms with E-state index in [1.807, 2.05) is 6.92 Å². The van der Waals surface area contributed by atoms with Gasteiger partial charge in [-0.1, -0.05) is 20.3 Å². The maximum Gasteiger partial charge on any atom is 0.310 e. The lowest BCUT2D eigenvalue weighted by Crippen LogP contribution is -2.09. The molecule has 1 aromatic carbocycles. The number of nitro groups is 1. The first-order valence-corrected chi connectivity index (χ1v) is 6.09. The van der Waals surface area contributed by atoms with Gasteiger partial charge in [0.05, 0.1) is 18.1 Å². The lowest BCUT2D eigenvalue weighted by molar-refractivity contribution is -0.385. The molecule has 1 atom stereocenters. The van der Waals surface area contributed by atoms with Gasteiger partial charge in [-0.05, 0) is 30.0 Å². The van der Waals surface area contributed by atoms with E-state index in [1.165, 1.54) is 18.2 Å². The third kappa shape index (κ3) is 4.00. The Balaban J connectivity index is 2.80. The number of nitro benzene ring substituents is 1. The lowest BCUT2D eigenvalue weighted by Gasteiger charge is -2.12. The number of nitrogens with zero attached hydrogens (tertiary/aromatic N) is 1. The molecule has 0 aliphatic rings. The van der Waals surface area contributed by atoms with E-state index in [4.69, 9.17) is 9.84 Å². The largest absolute Gasteiger partial charge is 0.487 e. The van der Waals surface area contributed by atoms with Crippen molar-refractivity contribution in [3.8, 4) is 5.75 Å². The molecular weight excluding hydrogens is 234 g/mol. The van der Waals surface area contributed by atoms with E-state index in [1.54, 1.807) is 0 Å². The Morgan fingerprint density at radius 2 is 2.22 bits per heavy atom. The van der Waals surface area contributed by atoms with Crippen molar-refractivity contribution in [1.82, 2.24) is 0 Å². The minimum atomic E-state index is -0.471. The molecule has 0 aromatic heterocycles. The highest BCUT2D eigenvalue weighted by Crippen LogP contribution is 2.28. The topological polar surface area (TPSA) is 72.6 Å². The van der Waals surface area contributed by atoms with Gasteiger partial charge in [0.2, 0.25) is 0 Å². The summed E-state index contributed by atoms with van der Waals surface area (Å²) in [5.74, 6) is 0.585. The molecule has 0 aliphatic carbocycles. The van der Waals surface area contributed by atoms with Crippen LogP contribution in [-0.4, -0.2) is 16.6 Å². The molecule has 1 rings (SSSR count). The molecule has 1 N–H and O–H groups in total. The number of aliphatic hydroxyl groups excluding tert-OH is 1. The number of rotatable bonds is 7. The summed E-state index contributed by atoms with van der Waals surface area (Å²) in [7, 11) is 0. The van der Waals surface area contributed by atoms with Gasteiger partial charge >= 0.3 is 5.69 Å². The zero-order chi connectivity index (χ0) is 13.5. The minimum absolute atomic E-state index is 0.0594. The standard InChI is InChI=1S/C13H19NO4/c1-3-4-10(2)9-18-13-7-11(8-15)5-6-12(13)14(16)17/h5-7,10,15H,3-4,8-9H2,1-2H3. The van der Waals surface area contributed by atoms with Crippen molar-refractivity contribution in [3.05, 3.63) is 33.9 Å². The monoisotopic (exact) mass is 253 g/mol. The van der Waals surface area contributed by atoms with Crippen LogP contribution >= 0.6 is 0 Å². The van der Waals surface area contributed by atoms with Crippen molar-refractivity contribution in [2.45, 2.75) is 33.3 Å². The first kappa shape index (κ1) is 14.4. The predicted molar refractivity (Wildman–Crippen MR) is 68.6 cm³/mol. The van der Waals surface area contributed by atoms with E-state index >= 15 is 0 Å². The van der Waals surface area contributed by atoms with Crippen molar-refractivity contribution in [2.24, 2.45) is 5.92 Å². The van der Waals surface area contributed by atoms with Crippen LogP contribution in [0.2, 0.25) is 0 Å². The Morgan fingerprint density at radius 3 is 2.78 bits per heavy atom. The highest BCUT2D eigenvalue weighted by Gasteiger charge is 2.16. The second-order valence-corrected chi connectivity index (χ2v) is 4.42. The summed E-state index contributed by atoms with van der Waals surface area (Å²) in [4.78, 5) is 10.4. The molecule has 100 valence electrons. The van der Waals surface area contributed by atoms with Crippen LogP contribution < -0.4 is 4.74 Å². The SMILES string of the molecule is CCCC(C)COc1cc(CO)ccc1[N+](=O)[O-]. The Kier molecular flexibility index (Phi) is 5.58. The third-order valence-corrected chi connectivity index (χ3v) is 2.71. The van der Waals surface area contributed by atoms with Gasteiger partial charge in [-0.15, -0.1) is 0 Å². The van der Waals surface area contributed by atoms with E-state index < -0.39 is 4.92 Å². The van der Waals surface area contributed by atoms with Crippen LogP contribution in [0.3, 0.4) is 0 Å². The van der Waals surface area contributed by atoms with Gasteiger partial charge in [0.15, 0.2) is 5.75 Å². The van der Waals surface area contributed by atoms with Crippen molar-refractivity contribution in [3.63, 3.8) is 0 Å². The average molecular weight is 253 g/mol. The maximum absolute atomic E-state index is 10.9. The summed E-state index contributed by atoms with van der Waals surface area (Å²) in [5, 5.41) is 19.9. The molecule has 0 amide bonds. The van der Waals surface area contributed by atoms with Crippen LogP contribution in [0.15, 0.2) is 18.2 Å². The summed E-state index contributed by atoms with van der Waals surface area (Å²) in [6.45, 7) is 4.43. The molecule has 0 bridgehead atoms. The van der Waals surface area contributed by atoms with Crippen LogP contribution in [0.5, 0.6) is 5.75 Å². The molecule has 0 heterocycles. The van der Waals surface area contributed by atoms with E-state index in [0.29, 0.717) is 18.1 Å². The minimum Gasteiger partial charge on any atom is -0.487 e. The quantitative estimate of drug-likeness (QED) is 0.599. The third-order valence-electron chi connectivity index (χ3n) is 2.71. The van der Waals surface area contributed by atoms with Crippen molar-refractivity contribution in [1.29, 1.82) is 0 Å². The number of aliphatic hydroxyl groups is 1. The van der Waals surface area contributed by atoms with Gasteiger partial charge in [-0.25, -0.2) is 0 Å². The smallest absolute Gasteiger partial charge is 0.310 e. The van der Waals surface area contributed by atoms with E-state index in [-0.39, 0.29) is 18.0 Å². The molecule has 0 saturated heterocycles. The van der Waals surface area contributed by atoms with E-state index in [0.717, 1.165) is 12.8 Å². The predicted octanol–water partition coefficient (Wildman–Crippen LogP) is 2.90. The highest BCUT2D eigenvalue weighted by atomic mass is 16.6. The zero-order valence-corrected chi connectivity index (χ0v) is 10.8. The number of ether oxygens (including phenoxy) is 1. The van der Waals surface area contributed by atoms with Crippen molar-refractivity contribution < 1.29 is 14.8 Å². The number of hydrogen-bond donors (Lipinski definition) is 1. The fourth-order valence-corrected chi connectivity index (χ4v) is 1.73. The summed E-state index contributed by atoms with van der Waals surface area (Å²) in [5.41, 5.74) is 0.551. The Morgan fingerprint density at radius 1 is 1.50 bits per heavy atom. The summed E-state index contributed by atoms with van der Waals surface area (Å²) >= 11 is 0. The van der Waals surface area contributed by atoms with E-state index in [2.05, 4.69) is 6.92 Å². The number of benzene rings is 1. The normalized spacial score (nSPS) is 12.2. The fourth-order valence-electron chi connectivity index (χ4n) is 1.73. The molecule has 1 aromatic rings. The Bertz CT molecular complexity index is 406. The molecular formula is C13H19NO4. The summed E-state index contributed by atoms with van der Waals surface area (Å²) in [6, 6.07) is 4.42. The summed E-state index contributed by atoms with van der Waals surface area (Å²) in [6.07, 6.45) is 2.08. The van der Waals surface area contributed by atoms with Gasteiger partial charge < -0.3 is 9.84 Å². The Labute approximate surface area is 107 Å². The first-order chi connectivity index (χ1) is 8.58. The van der Waals surface area contributed by atoms with Crippen LogP contribution in [-0.2, 0) is 6.61 Å². The van der Waals surface area contributed by atoms with Crippen LogP contribution in [0, 0.1) is 16.0 Å². The molecule has 0 fully saturated rings. The molecule has 18 heavy (non-hydrogen) atoms. The van der Waals surface area contributed by atoms with Gasteiger partial charge in [-0.3, -0.25) is 10.1 Å².